The molecule has 0 bridgehead atoms. The van der Waals surface area contributed by atoms with E-state index in [-0.39, 0.29) is 5.91 Å². The van der Waals surface area contributed by atoms with Crippen LogP contribution in [0, 0.1) is 6.92 Å². The molecule has 0 unspecified atom stereocenters. The van der Waals surface area contributed by atoms with Crippen LogP contribution in [0.4, 0.5) is 5.69 Å². The molecule has 38 heavy (non-hydrogen) atoms. The van der Waals surface area contributed by atoms with Gasteiger partial charge in [0, 0.05) is 18.2 Å². The Balaban J connectivity index is 1.29. The number of nitrogens with one attached hydrogen (secondary N) is 1. The lowest BCUT2D eigenvalue weighted by atomic mass is 10.1. The van der Waals surface area contributed by atoms with Crippen molar-refractivity contribution in [3.8, 4) is 5.75 Å². The molecule has 0 saturated heterocycles. The minimum absolute atomic E-state index is 0.0142. The zero-order chi connectivity index (χ0) is 26.8. The largest absolute Gasteiger partial charge is 0.494 e. The standard InChI is InChI=1S/C33H46N2O2S/c1-3-4-5-6-7-8-9-10-11-12-13-14-22-37-32-20-16-17-29(25-32)26-33(36)34-31-19-15-18-30(24-31)27-35-21-23-38-28(35)2/h15-21,23-25H,3-14,22,26-27H2,1-2H3/p+1. The summed E-state index contributed by atoms with van der Waals surface area (Å²) in [6.45, 7) is 5.93. The topological polar surface area (TPSA) is 42.2 Å². The van der Waals surface area contributed by atoms with Gasteiger partial charge in [-0.15, -0.1) is 0 Å². The van der Waals surface area contributed by atoms with Gasteiger partial charge in [-0.3, -0.25) is 4.79 Å². The molecule has 0 spiro atoms. The average molecular weight is 536 g/mol. The zero-order valence-electron chi connectivity index (χ0n) is 23.6. The highest BCUT2D eigenvalue weighted by Gasteiger charge is 2.10. The Morgan fingerprint density at radius 2 is 1.50 bits per heavy atom. The van der Waals surface area contributed by atoms with Crippen molar-refractivity contribution >= 4 is 22.9 Å². The van der Waals surface area contributed by atoms with Crippen molar-refractivity contribution in [2.45, 2.75) is 104 Å². The number of benzene rings is 2. The Bertz CT molecular complexity index is 1080. The molecule has 0 radical (unpaired) electrons. The van der Waals surface area contributed by atoms with E-state index in [0.717, 1.165) is 36.6 Å². The maximum absolute atomic E-state index is 12.7. The summed E-state index contributed by atoms with van der Waals surface area (Å²) < 4.78 is 8.20. The van der Waals surface area contributed by atoms with Crippen molar-refractivity contribution in [3.05, 3.63) is 76.2 Å². The van der Waals surface area contributed by atoms with Gasteiger partial charge in [0.1, 0.15) is 5.75 Å². The Morgan fingerprint density at radius 3 is 2.18 bits per heavy atom. The van der Waals surface area contributed by atoms with Crippen LogP contribution in [-0.2, 0) is 17.8 Å². The van der Waals surface area contributed by atoms with Crippen molar-refractivity contribution < 1.29 is 14.1 Å². The number of ether oxygens (including phenoxy) is 1. The lowest BCUT2D eigenvalue weighted by Gasteiger charge is -2.09. The molecule has 0 saturated carbocycles. The molecule has 0 aliphatic rings. The minimum atomic E-state index is -0.0142. The number of rotatable bonds is 19. The Morgan fingerprint density at radius 1 is 0.842 bits per heavy atom. The van der Waals surface area contributed by atoms with Gasteiger partial charge >= 0.3 is 0 Å². The first-order valence-electron chi connectivity index (χ1n) is 14.7. The number of aromatic nitrogens is 1. The smallest absolute Gasteiger partial charge is 0.234 e. The summed E-state index contributed by atoms with van der Waals surface area (Å²) in [5.74, 6) is 0.836. The van der Waals surface area contributed by atoms with E-state index in [0.29, 0.717) is 6.42 Å². The van der Waals surface area contributed by atoms with Crippen LogP contribution in [-0.4, -0.2) is 12.5 Å². The number of hydrogen-bond acceptors (Lipinski definition) is 3. The number of thiazole rings is 1. The van der Waals surface area contributed by atoms with Gasteiger partial charge in [-0.05, 0) is 36.2 Å². The van der Waals surface area contributed by atoms with Gasteiger partial charge in [0.2, 0.25) is 10.9 Å². The number of nitrogens with zero attached hydrogens (tertiary/aromatic N) is 1. The minimum Gasteiger partial charge on any atom is -0.494 e. The number of carbonyl (C=O) groups excluding carboxylic acids is 1. The lowest BCUT2D eigenvalue weighted by Crippen LogP contribution is -2.34. The van der Waals surface area contributed by atoms with Crippen LogP contribution in [0.3, 0.4) is 0 Å². The second-order valence-electron chi connectivity index (χ2n) is 10.4. The Hall–Kier alpha value is -2.66. The zero-order valence-corrected chi connectivity index (χ0v) is 24.4. The first kappa shape index (κ1) is 29.9. The van der Waals surface area contributed by atoms with Crippen LogP contribution in [0.15, 0.2) is 60.1 Å². The van der Waals surface area contributed by atoms with E-state index in [1.807, 2.05) is 36.4 Å². The van der Waals surface area contributed by atoms with Crippen molar-refractivity contribution in [1.29, 1.82) is 0 Å². The van der Waals surface area contributed by atoms with Gasteiger partial charge in [0.15, 0.2) is 12.7 Å². The predicted octanol–water partition coefficient (Wildman–Crippen LogP) is 8.65. The van der Waals surface area contributed by atoms with E-state index in [2.05, 4.69) is 47.4 Å². The summed E-state index contributed by atoms with van der Waals surface area (Å²) in [6, 6.07) is 16.0. The van der Waals surface area contributed by atoms with Crippen molar-refractivity contribution in [2.24, 2.45) is 0 Å². The fraction of sp³-hybridized carbons (Fsp3) is 0.515. The molecule has 206 valence electrons. The monoisotopic (exact) mass is 535 g/mol. The van der Waals surface area contributed by atoms with Gasteiger partial charge in [-0.2, -0.15) is 4.57 Å². The predicted molar refractivity (Wildman–Crippen MR) is 160 cm³/mol. The van der Waals surface area contributed by atoms with E-state index in [4.69, 9.17) is 4.74 Å². The van der Waals surface area contributed by atoms with Crippen molar-refractivity contribution in [2.75, 3.05) is 11.9 Å². The molecule has 0 aliphatic carbocycles. The quantitative estimate of drug-likeness (QED) is 0.123. The third-order valence-electron chi connectivity index (χ3n) is 6.98. The highest BCUT2D eigenvalue weighted by Crippen LogP contribution is 2.17. The highest BCUT2D eigenvalue weighted by atomic mass is 32.1. The lowest BCUT2D eigenvalue weighted by molar-refractivity contribution is -0.689. The SMILES string of the molecule is CCCCCCCCCCCCCCOc1cccc(CC(=O)Nc2cccc(C[n+]3ccsc3C)c2)c1. The molecule has 0 aliphatic heterocycles. The molecule has 1 heterocycles. The molecule has 0 atom stereocenters. The molecule has 1 amide bonds. The summed E-state index contributed by atoms with van der Waals surface area (Å²) in [5, 5.41) is 6.41. The normalized spacial score (nSPS) is 11.0. The van der Waals surface area contributed by atoms with Crippen molar-refractivity contribution in [3.63, 3.8) is 0 Å². The number of hydrogen-bond donors (Lipinski definition) is 1. The Labute approximate surface area is 234 Å². The van der Waals surface area contributed by atoms with E-state index in [1.165, 1.54) is 81.2 Å². The van der Waals surface area contributed by atoms with Crippen molar-refractivity contribution in [1.82, 2.24) is 0 Å². The fourth-order valence-electron chi connectivity index (χ4n) is 4.75. The van der Waals surface area contributed by atoms with E-state index in [9.17, 15) is 4.79 Å². The maximum Gasteiger partial charge on any atom is 0.234 e. The number of unbranched alkanes of at least 4 members (excludes halogenated alkanes) is 11. The van der Waals surface area contributed by atoms with Gasteiger partial charge < -0.3 is 10.1 Å². The summed E-state index contributed by atoms with van der Waals surface area (Å²) in [6.07, 6.45) is 18.5. The average Bonchev–Trinajstić information content (AvgIpc) is 3.31. The van der Waals surface area contributed by atoms with Crippen LogP contribution in [0.25, 0.3) is 0 Å². The van der Waals surface area contributed by atoms with Gasteiger partial charge in [0.25, 0.3) is 0 Å². The molecule has 1 N–H and O–H groups in total. The number of anilines is 1. The molecule has 5 heteroatoms. The first-order valence-corrected chi connectivity index (χ1v) is 15.6. The van der Waals surface area contributed by atoms with Crippen LogP contribution < -0.4 is 14.6 Å². The molecule has 0 fully saturated rings. The third-order valence-corrected chi connectivity index (χ3v) is 7.81. The number of carbonyl (C=O) groups is 1. The number of amides is 1. The summed E-state index contributed by atoms with van der Waals surface area (Å²) in [4.78, 5) is 12.7. The Kier molecular flexibility index (Phi) is 14.0. The van der Waals surface area contributed by atoms with E-state index >= 15 is 0 Å². The van der Waals surface area contributed by atoms with Crippen LogP contribution in [0.5, 0.6) is 5.75 Å². The third kappa shape index (κ3) is 11.8. The fourth-order valence-corrected chi connectivity index (χ4v) is 5.42. The van der Waals surface area contributed by atoms with Gasteiger partial charge in [-0.1, -0.05) is 113 Å². The molecule has 3 aromatic rings. The van der Waals surface area contributed by atoms with Gasteiger partial charge in [-0.25, -0.2) is 0 Å². The second kappa shape index (κ2) is 17.8. The van der Waals surface area contributed by atoms with E-state index < -0.39 is 0 Å². The van der Waals surface area contributed by atoms with Crippen LogP contribution in [0.1, 0.15) is 100 Å². The maximum atomic E-state index is 12.7. The summed E-state index contributed by atoms with van der Waals surface area (Å²) in [7, 11) is 0. The van der Waals surface area contributed by atoms with Gasteiger partial charge in [0.05, 0.1) is 18.4 Å². The molecule has 3 rings (SSSR count). The summed E-state index contributed by atoms with van der Waals surface area (Å²) in [5.41, 5.74) is 2.97. The first-order chi connectivity index (χ1) is 18.6. The molecular formula is C33H47N2O2S+. The van der Waals surface area contributed by atoms with Crippen LogP contribution >= 0.6 is 11.3 Å². The molecule has 4 nitrogen and oxygen atoms in total. The summed E-state index contributed by atoms with van der Waals surface area (Å²) >= 11 is 1.74. The number of aryl methyl sites for hydroxylation is 1. The molecular weight excluding hydrogens is 488 g/mol. The van der Waals surface area contributed by atoms with Crippen LogP contribution in [0.2, 0.25) is 0 Å². The highest BCUT2D eigenvalue weighted by molar-refractivity contribution is 7.09. The second-order valence-corrected chi connectivity index (χ2v) is 11.5. The molecule has 2 aromatic carbocycles. The molecule has 1 aromatic heterocycles. The van der Waals surface area contributed by atoms with E-state index in [1.54, 1.807) is 11.3 Å².